The average Bonchev–Trinajstić information content (AvgIpc) is 3.11. The zero-order valence-electron chi connectivity index (χ0n) is 18.1. The van der Waals surface area contributed by atoms with Gasteiger partial charge in [-0.1, -0.05) is 23.5 Å². The van der Waals surface area contributed by atoms with Gasteiger partial charge in [0.05, 0.1) is 10.2 Å². The van der Waals surface area contributed by atoms with E-state index in [0.29, 0.717) is 11.3 Å². The third kappa shape index (κ3) is 7.75. The van der Waals surface area contributed by atoms with E-state index in [1.165, 1.54) is 33.7 Å². The zero-order valence-corrected chi connectivity index (χ0v) is 18.9. The van der Waals surface area contributed by atoms with E-state index in [1.807, 2.05) is 0 Å². The predicted molar refractivity (Wildman–Crippen MR) is 93.3 cm³/mol. The number of amides is 1. The number of hydrogen-bond donors (Lipinski definition) is 1. The fraction of sp³-hybridized carbons (Fsp3) is 0.500. The molecule has 1 aromatic carbocycles. The van der Waals surface area contributed by atoms with Gasteiger partial charge in [-0.25, -0.2) is 23.9 Å². The van der Waals surface area contributed by atoms with Crippen molar-refractivity contribution in [2.24, 2.45) is 0 Å². The lowest BCUT2D eigenvalue weighted by Crippen LogP contribution is -2.60. The SMILES string of the molecule is O=C(Nc1nc2ccccc2s1)C(F)(F)OC(F)(F)C(F)(F)OC(F)(F)C(F)(F)OC(F)(F)C(F)(F)OC(F)(F)F. The van der Waals surface area contributed by atoms with E-state index in [9.17, 15) is 79.4 Å². The summed E-state index contributed by atoms with van der Waals surface area (Å²) in [7, 11) is 0. The highest BCUT2D eigenvalue weighted by atomic mass is 32.1. The fourth-order valence-corrected chi connectivity index (χ4v) is 2.99. The first-order valence-corrected chi connectivity index (χ1v) is 10.0. The molecule has 0 atom stereocenters. The maximum atomic E-state index is 13.8. The first-order chi connectivity index (χ1) is 18.0. The largest absolute Gasteiger partial charge is 0.527 e. The van der Waals surface area contributed by atoms with Crippen LogP contribution in [0.5, 0.6) is 0 Å². The number of nitrogens with one attached hydrogen (secondary N) is 1. The molecule has 1 N–H and O–H groups in total. The molecule has 1 heterocycles. The van der Waals surface area contributed by atoms with Gasteiger partial charge in [-0.05, 0) is 12.1 Å². The quantitative estimate of drug-likeness (QED) is 0.248. The average molecular weight is 660 g/mol. The Balaban J connectivity index is 2.21. The molecular formula is C16H5F17N2O5S. The third-order valence-electron chi connectivity index (χ3n) is 3.81. The Morgan fingerprint density at radius 3 is 1.41 bits per heavy atom. The van der Waals surface area contributed by atoms with Crippen molar-refractivity contribution in [1.82, 2.24) is 4.98 Å². The monoisotopic (exact) mass is 660 g/mol. The molecule has 0 spiro atoms. The van der Waals surface area contributed by atoms with Crippen LogP contribution in [0.1, 0.15) is 0 Å². The van der Waals surface area contributed by atoms with E-state index in [4.69, 9.17) is 0 Å². The van der Waals surface area contributed by atoms with Gasteiger partial charge in [0.2, 0.25) is 0 Å². The number of ether oxygens (including phenoxy) is 4. The van der Waals surface area contributed by atoms with Crippen molar-refractivity contribution in [2.75, 3.05) is 5.32 Å². The first-order valence-electron chi connectivity index (χ1n) is 9.23. The molecule has 7 nitrogen and oxygen atoms in total. The van der Waals surface area contributed by atoms with Crippen LogP contribution < -0.4 is 5.32 Å². The van der Waals surface area contributed by atoms with E-state index in [0.717, 1.165) is 5.32 Å². The van der Waals surface area contributed by atoms with Crippen molar-refractivity contribution >= 4 is 32.6 Å². The molecule has 0 radical (unpaired) electrons. The molecule has 0 saturated heterocycles. The van der Waals surface area contributed by atoms with Crippen molar-refractivity contribution < 1.29 is 98.4 Å². The number of anilines is 1. The van der Waals surface area contributed by atoms with Crippen LogP contribution in [0.2, 0.25) is 0 Å². The summed E-state index contributed by atoms with van der Waals surface area (Å²) in [6.45, 7) is 0. The molecule has 0 fully saturated rings. The number of nitrogens with zero attached hydrogens (tertiary/aromatic N) is 1. The number of thiazole rings is 1. The Labute approximate surface area is 215 Å². The van der Waals surface area contributed by atoms with Gasteiger partial charge in [-0.15, -0.1) is 13.2 Å². The van der Waals surface area contributed by atoms with E-state index < -0.39 is 60.2 Å². The highest BCUT2D eigenvalue weighted by Gasteiger charge is 2.77. The number of rotatable bonds is 12. The molecule has 1 aromatic heterocycles. The first kappa shape index (κ1) is 34.4. The molecule has 0 aliphatic rings. The van der Waals surface area contributed by atoms with Gasteiger partial charge >= 0.3 is 55.0 Å². The fourth-order valence-electron chi connectivity index (χ4n) is 2.13. The highest BCUT2D eigenvalue weighted by Crippen LogP contribution is 2.51. The van der Waals surface area contributed by atoms with E-state index >= 15 is 0 Å². The van der Waals surface area contributed by atoms with Crippen molar-refractivity contribution in [3.8, 4) is 0 Å². The van der Waals surface area contributed by atoms with Crippen LogP contribution in [0.4, 0.5) is 79.8 Å². The molecule has 234 valence electrons. The summed E-state index contributed by atoms with van der Waals surface area (Å²) >= 11 is 0.410. The molecule has 25 heteroatoms. The molecule has 2 rings (SSSR count). The van der Waals surface area contributed by atoms with Crippen molar-refractivity contribution in [3.63, 3.8) is 0 Å². The minimum atomic E-state index is -7.65. The number of halogens is 17. The summed E-state index contributed by atoms with van der Waals surface area (Å²) in [5.74, 6) is -3.03. The minimum Gasteiger partial charge on any atom is -0.294 e. The Bertz CT molecular complexity index is 1220. The molecule has 1 amide bonds. The van der Waals surface area contributed by atoms with Crippen LogP contribution in [0.3, 0.4) is 0 Å². The van der Waals surface area contributed by atoms with E-state index in [-0.39, 0.29) is 10.2 Å². The minimum absolute atomic E-state index is 0.0287. The molecule has 0 aliphatic carbocycles. The maximum absolute atomic E-state index is 13.8. The maximum Gasteiger partial charge on any atom is 0.527 e. The lowest BCUT2D eigenvalue weighted by molar-refractivity contribution is -0.579. The van der Waals surface area contributed by atoms with Crippen LogP contribution in [0.15, 0.2) is 24.3 Å². The summed E-state index contributed by atoms with van der Waals surface area (Å²) in [6, 6.07) is 5.31. The molecular weight excluding hydrogens is 655 g/mol. The van der Waals surface area contributed by atoms with Crippen molar-refractivity contribution in [3.05, 3.63) is 24.3 Å². The van der Waals surface area contributed by atoms with Crippen LogP contribution in [0, 0.1) is 0 Å². The number of carbonyl (C=O) groups is 1. The second-order valence-corrected chi connectivity index (χ2v) is 7.94. The molecule has 2 aromatic rings. The summed E-state index contributed by atoms with van der Waals surface area (Å²) in [6.07, 6.45) is -57.7. The normalized spacial score (nSPS) is 15.0. The Morgan fingerprint density at radius 1 is 0.610 bits per heavy atom. The number of hydrogen-bond acceptors (Lipinski definition) is 7. The summed E-state index contributed by atoms with van der Waals surface area (Å²) in [4.78, 5) is 15.0. The van der Waals surface area contributed by atoms with Gasteiger partial charge in [-0.2, -0.15) is 61.5 Å². The zero-order chi connectivity index (χ0) is 32.1. The number of fused-ring (bicyclic) bond motifs is 1. The van der Waals surface area contributed by atoms with Crippen molar-refractivity contribution in [1.29, 1.82) is 0 Å². The summed E-state index contributed by atoms with van der Waals surface area (Å²) < 4.78 is 229. The Hall–Kier alpha value is -2.77. The van der Waals surface area contributed by atoms with Crippen LogP contribution in [0.25, 0.3) is 10.2 Å². The number of para-hydroxylation sites is 1. The topological polar surface area (TPSA) is 78.9 Å². The Kier molecular flexibility index (Phi) is 8.82. The molecule has 0 unspecified atom stereocenters. The van der Waals surface area contributed by atoms with E-state index in [1.54, 1.807) is 4.74 Å². The van der Waals surface area contributed by atoms with Gasteiger partial charge in [0.25, 0.3) is 0 Å². The third-order valence-corrected chi connectivity index (χ3v) is 4.76. The van der Waals surface area contributed by atoms with E-state index in [2.05, 4.69) is 9.72 Å². The van der Waals surface area contributed by atoms with Gasteiger partial charge in [0.15, 0.2) is 5.13 Å². The molecule has 0 saturated carbocycles. The second kappa shape index (κ2) is 10.5. The van der Waals surface area contributed by atoms with Crippen LogP contribution in [-0.2, 0) is 23.7 Å². The van der Waals surface area contributed by atoms with Gasteiger partial charge in [-0.3, -0.25) is 10.1 Å². The lowest BCUT2D eigenvalue weighted by atomic mass is 10.3. The summed E-state index contributed by atoms with van der Waals surface area (Å²) in [5, 5.41) is 0.324. The van der Waals surface area contributed by atoms with Gasteiger partial charge in [0, 0.05) is 0 Å². The number of benzene rings is 1. The molecule has 41 heavy (non-hydrogen) atoms. The molecule has 0 aliphatic heterocycles. The molecule has 0 bridgehead atoms. The predicted octanol–water partition coefficient (Wildman–Crippen LogP) is 6.97. The Morgan fingerprint density at radius 2 is 1.00 bits per heavy atom. The highest BCUT2D eigenvalue weighted by molar-refractivity contribution is 7.22. The number of aromatic nitrogens is 1. The van der Waals surface area contributed by atoms with Gasteiger partial charge < -0.3 is 0 Å². The smallest absolute Gasteiger partial charge is 0.294 e. The van der Waals surface area contributed by atoms with Gasteiger partial charge in [0.1, 0.15) is 0 Å². The summed E-state index contributed by atoms with van der Waals surface area (Å²) in [5.41, 5.74) is 0.0287. The lowest BCUT2D eigenvalue weighted by Gasteiger charge is -2.35. The number of carbonyl (C=O) groups excluding carboxylic acids is 1. The second-order valence-electron chi connectivity index (χ2n) is 6.91. The van der Waals surface area contributed by atoms with Crippen molar-refractivity contribution in [2.45, 2.75) is 49.1 Å². The van der Waals surface area contributed by atoms with Crippen LogP contribution in [-0.4, -0.2) is 60.0 Å². The van der Waals surface area contributed by atoms with Crippen LogP contribution >= 0.6 is 11.3 Å². The number of alkyl halides is 17. The standard InChI is InChI=1S/C16H5F17N2O5S/c17-9(18,7(36)35-8-34-5-3-1-2-4-6(5)41-8)37-10(19,20)11(21,22)38-12(23,24)13(25,26)39-14(27,28)15(29,30)40-16(31,32)33/h1-4H,(H,34,35,36).